The fourth-order valence-electron chi connectivity index (χ4n) is 8.05. The highest BCUT2D eigenvalue weighted by atomic mass is 35.5. The largest absolute Gasteiger partial charge is 0.361 e. The van der Waals surface area contributed by atoms with E-state index < -0.39 is 6.04 Å². The molecular weight excluding hydrogens is 648 g/mol. The summed E-state index contributed by atoms with van der Waals surface area (Å²) in [4.78, 5) is 51.8. The van der Waals surface area contributed by atoms with Crippen LogP contribution < -0.4 is 10.2 Å². The first-order chi connectivity index (χ1) is 24.1. The SMILES string of the molecule is C[C@H](c1c[nH]c2ccccc12)[C@H](NC(=O)C1CCN(C(=O)c2cc3ccccc3n2C)CC1)C(=O)N1C[C@@H](CN(C)C)Cc2cc(Cl)ccc21. The molecule has 1 saturated heterocycles. The number of piperidine rings is 1. The lowest BCUT2D eigenvalue weighted by Crippen LogP contribution is -2.55. The smallest absolute Gasteiger partial charge is 0.270 e. The van der Waals surface area contributed by atoms with Gasteiger partial charge in [0.05, 0.1) is 0 Å². The predicted molar refractivity (Wildman–Crippen MR) is 200 cm³/mol. The number of para-hydroxylation sites is 2. The van der Waals surface area contributed by atoms with Gasteiger partial charge in [0.25, 0.3) is 5.91 Å². The molecule has 4 heterocycles. The van der Waals surface area contributed by atoms with Crippen LogP contribution in [0.25, 0.3) is 21.8 Å². The van der Waals surface area contributed by atoms with Crippen LogP contribution in [-0.2, 0) is 23.1 Å². The minimum absolute atomic E-state index is 0.0280. The van der Waals surface area contributed by atoms with Gasteiger partial charge in [0.2, 0.25) is 11.8 Å². The Labute approximate surface area is 298 Å². The molecule has 0 saturated carbocycles. The number of fused-ring (bicyclic) bond motifs is 3. The molecule has 2 N–H and O–H groups in total. The maximum absolute atomic E-state index is 14.9. The van der Waals surface area contributed by atoms with Crippen molar-refractivity contribution in [2.45, 2.75) is 38.1 Å². The summed E-state index contributed by atoms with van der Waals surface area (Å²) in [6.45, 7) is 4.34. The van der Waals surface area contributed by atoms with Crippen molar-refractivity contribution in [3.63, 3.8) is 0 Å². The highest BCUT2D eigenvalue weighted by molar-refractivity contribution is 6.30. The molecule has 3 atom stereocenters. The lowest BCUT2D eigenvalue weighted by Gasteiger charge is -2.39. The van der Waals surface area contributed by atoms with E-state index in [1.165, 1.54) is 0 Å². The zero-order chi connectivity index (χ0) is 35.1. The Morgan fingerprint density at radius 3 is 2.50 bits per heavy atom. The van der Waals surface area contributed by atoms with E-state index in [2.05, 4.69) is 21.3 Å². The van der Waals surface area contributed by atoms with E-state index in [1.807, 2.05) is 115 Å². The van der Waals surface area contributed by atoms with E-state index in [4.69, 9.17) is 11.6 Å². The molecule has 9 nitrogen and oxygen atoms in total. The summed E-state index contributed by atoms with van der Waals surface area (Å²) in [5.74, 6) is -0.730. The number of rotatable bonds is 8. The minimum atomic E-state index is -0.807. The number of anilines is 1. The van der Waals surface area contributed by atoms with Crippen LogP contribution in [0.3, 0.4) is 0 Å². The molecule has 0 aliphatic carbocycles. The molecule has 2 aliphatic heterocycles. The second kappa shape index (κ2) is 14.0. The number of H-pyrrole nitrogens is 1. The third kappa shape index (κ3) is 6.52. The Hall–Kier alpha value is -4.60. The van der Waals surface area contributed by atoms with Crippen molar-refractivity contribution in [3.8, 4) is 0 Å². The molecule has 3 aromatic carbocycles. The van der Waals surface area contributed by atoms with Crippen molar-refractivity contribution >= 4 is 56.8 Å². The standard InChI is InChI=1S/C40H45ClN6O3/c1-25(32-22-42-33-11-7-6-10-31(32)33)37(40(50)47-24-26(23-44(2)3)19-29-20-30(41)13-14-35(29)47)43-38(48)27-15-17-46(18-16-27)39(49)36-21-28-9-5-8-12-34(28)45(36)4/h5-14,20-22,25-27,37,42H,15-19,23-24H2,1-4H3,(H,43,48)/t25-,26-,37+/m1/s1. The van der Waals surface area contributed by atoms with Crippen molar-refractivity contribution in [2.24, 2.45) is 18.9 Å². The lowest BCUT2D eigenvalue weighted by molar-refractivity contribution is -0.131. The molecular formula is C40H45ClN6O3. The molecule has 50 heavy (non-hydrogen) atoms. The average Bonchev–Trinajstić information content (AvgIpc) is 3.70. The number of carbonyl (C=O) groups excluding carboxylic acids is 3. The van der Waals surface area contributed by atoms with E-state index in [0.717, 1.165) is 51.6 Å². The number of halogens is 1. The summed E-state index contributed by atoms with van der Waals surface area (Å²) in [5, 5.41) is 5.95. The second-order valence-electron chi connectivity index (χ2n) is 14.3. The highest BCUT2D eigenvalue weighted by Gasteiger charge is 2.39. The number of aromatic amines is 1. The van der Waals surface area contributed by atoms with E-state index >= 15 is 0 Å². The van der Waals surface area contributed by atoms with Gasteiger partial charge in [-0.15, -0.1) is 0 Å². The molecule has 5 aromatic rings. The number of nitrogens with one attached hydrogen (secondary N) is 2. The Morgan fingerprint density at radius 1 is 1.00 bits per heavy atom. The van der Waals surface area contributed by atoms with Crippen molar-refractivity contribution in [1.29, 1.82) is 0 Å². The second-order valence-corrected chi connectivity index (χ2v) is 14.8. The number of likely N-dealkylation sites (tertiary alicyclic amines) is 1. The highest BCUT2D eigenvalue weighted by Crippen LogP contribution is 2.35. The average molecular weight is 693 g/mol. The van der Waals surface area contributed by atoms with Gasteiger partial charge in [-0.3, -0.25) is 14.4 Å². The first-order valence-electron chi connectivity index (χ1n) is 17.5. The van der Waals surface area contributed by atoms with Crippen LogP contribution in [0.15, 0.2) is 79.0 Å². The van der Waals surface area contributed by atoms with Gasteiger partial charge >= 0.3 is 0 Å². The molecule has 260 valence electrons. The molecule has 0 spiro atoms. The number of aryl methyl sites for hydroxylation is 1. The van der Waals surface area contributed by atoms with Crippen LogP contribution in [-0.4, -0.2) is 83.4 Å². The molecule has 0 bridgehead atoms. The fourth-order valence-corrected chi connectivity index (χ4v) is 8.25. The van der Waals surface area contributed by atoms with Gasteiger partial charge in [-0.1, -0.05) is 54.9 Å². The number of benzene rings is 3. The number of aromatic nitrogens is 2. The number of nitrogens with zero attached hydrogens (tertiary/aromatic N) is 4. The van der Waals surface area contributed by atoms with Gasteiger partial charge in [-0.05, 0) is 86.8 Å². The zero-order valence-electron chi connectivity index (χ0n) is 29.2. The fraction of sp³-hybridized carbons (Fsp3) is 0.375. The quantitative estimate of drug-likeness (QED) is 0.202. The maximum Gasteiger partial charge on any atom is 0.270 e. The van der Waals surface area contributed by atoms with Gasteiger partial charge in [0.15, 0.2) is 0 Å². The Kier molecular flexibility index (Phi) is 9.46. The number of hydrogen-bond donors (Lipinski definition) is 2. The van der Waals surface area contributed by atoms with Crippen LogP contribution in [0.2, 0.25) is 5.02 Å². The van der Waals surface area contributed by atoms with Gasteiger partial charge in [0.1, 0.15) is 11.7 Å². The normalized spacial score (nSPS) is 18.0. The Morgan fingerprint density at radius 2 is 1.74 bits per heavy atom. The number of hydrogen-bond acceptors (Lipinski definition) is 4. The van der Waals surface area contributed by atoms with Crippen molar-refractivity contribution in [1.82, 2.24) is 24.7 Å². The molecule has 2 aromatic heterocycles. The third-order valence-corrected chi connectivity index (χ3v) is 10.9. The summed E-state index contributed by atoms with van der Waals surface area (Å²) in [7, 11) is 6.00. The molecule has 3 amide bonds. The van der Waals surface area contributed by atoms with Gasteiger partial charge in [-0.2, -0.15) is 0 Å². The Balaban J connectivity index is 1.13. The zero-order valence-corrected chi connectivity index (χ0v) is 29.9. The van der Waals surface area contributed by atoms with Crippen LogP contribution in [0, 0.1) is 11.8 Å². The number of amides is 3. The molecule has 0 unspecified atom stereocenters. The van der Waals surface area contributed by atoms with Crippen molar-refractivity contribution < 1.29 is 14.4 Å². The first-order valence-corrected chi connectivity index (χ1v) is 17.9. The topological polar surface area (TPSA) is 93.7 Å². The monoisotopic (exact) mass is 692 g/mol. The van der Waals surface area contributed by atoms with Gasteiger partial charge in [0, 0.05) is 83.8 Å². The summed E-state index contributed by atoms with van der Waals surface area (Å²) in [6.07, 6.45) is 3.83. The van der Waals surface area contributed by atoms with Crippen LogP contribution in [0.4, 0.5) is 5.69 Å². The van der Waals surface area contributed by atoms with Crippen molar-refractivity contribution in [2.75, 3.05) is 45.2 Å². The van der Waals surface area contributed by atoms with E-state index in [-0.39, 0.29) is 35.5 Å². The minimum Gasteiger partial charge on any atom is -0.361 e. The summed E-state index contributed by atoms with van der Waals surface area (Å²) in [6, 6.07) is 22.9. The van der Waals surface area contributed by atoms with Crippen LogP contribution >= 0.6 is 11.6 Å². The first kappa shape index (κ1) is 33.9. The molecule has 2 aliphatic rings. The van der Waals surface area contributed by atoms with Crippen LogP contribution in [0.1, 0.15) is 47.3 Å². The molecule has 10 heteroatoms. The van der Waals surface area contributed by atoms with E-state index in [0.29, 0.717) is 43.2 Å². The predicted octanol–water partition coefficient (Wildman–Crippen LogP) is 6.22. The summed E-state index contributed by atoms with van der Waals surface area (Å²) >= 11 is 6.44. The van der Waals surface area contributed by atoms with E-state index in [9.17, 15) is 14.4 Å². The maximum atomic E-state index is 14.9. The third-order valence-electron chi connectivity index (χ3n) is 10.7. The molecule has 1 fully saturated rings. The van der Waals surface area contributed by atoms with Crippen LogP contribution in [0.5, 0.6) is 0 Å². The van der Waals surface area contributed by atoms with Crippen molar-refractivity contribution in [3.05, 3.63) is 101 Å². The van der Waals surface area contributed by atoms with E-state index in [1.54, 1.807) is 0 Å². The Bertz CT molecular complexity index is 2060. The molecule has 7 rings (SSSR count). The summed E-state index contributed by atoms with van der Waals surface area (Å²) in [5.41, 5.74) is 5.50. The van der Waals surface area contributed by atoms with Gasteiger partial charge in [-0.25, -0.2) is 0 Å². The number of carbonyl (C=O) groups is 3. The van der Waals surface area contributed by atoms with Gasteiger partial charge < -0.3 is 29.6 Å². The summed E-state index contributed by atoms with van der Waals surface area (Å²) < 4.78 is 1.94. The lowest BCUT2D eigenvalue weighted by atomic mass is 9.87. The molecule has 0 radical (unpaired) electrons.